The van der Waals surface area contributed by atoms with E-state index in [0.717, 1.165) is 0 Å². The van der Waals surface area contributed by atoms with Gasteiger partial charge in [0.2, 0.25) is 0 Å². The van der Waals surface area contributed by atoms with E-state index in [1.165, 1.54) is 37.3 Å². The zero-order chi connectivity index (χ0) is 7.94. The zero-order valence-corrected chi connectivity index (χ0v) is 8.77. The van der Waals surface area contributed by atoms with Crippen LogP contribution in [0.4, 0.5) is 0 Å². The van der Waals surface area contributed by atoms with Gasteiger partial charge in [-0.3, -0.25) is 0 Å². The lowest BCUT2D eigenvalue weighted by Gasteiger charge is -2.18. The summed E-state index contributed by atoms with van der Waals surface area (Å²) in [5, 5.41) is 4.24. The topological polar surface area (TPSA) is 12.0 Å². The van der Waals surface area contributed by atoms with Crippen molar-refractivity contribution in [1.29, 1.82) is 0 Å². The van der Waals surface area contributed by atoms with Gasteiger partial charge in [-0.05, 0) is 30.9 Å². The molecule has 1 fully saturated rings. The van der Waals surface area contributed by atoms with Crippen molar-refractivity contribution in [2.75, 3.05) is 18.1 Å². The quantitative estimate of drug-likeness (QED) is 0.538. The molecule has 1 aliphatic heterocycles. The summed E-state index contributed by atoms with van der Waals surface area (Å²) < 4.78 is 0. The Morgan fingerprint density at radius 3 is 2.73 bits per heavy atom. The summed E-state index contributed by atoms with van der Waals surface area (Å²) in [5.41, 5.74) is 0. The fourth-order valence-corrected chi connectivity index (χ4v) is 3.67. The number of unbranched alkanes of at least 4 members (excludes halogenated alkanes) is 1. The van der Waals surface area contributed by atoms with E-state index < -0.39 is 0 Å². The SMILES string of the molecule is CCCCNB1SCCCS1. The van der Waals surface area contributed by atoms with Gasteiger partial charge in [-0.2, -0.15) is 23.2 Å². The molecule has 0 unspecified atom stereocenters. The van der Waals surface area contributed by atoms with E-state index in [1.54, 1.807) is 0 Å². The molecule has 0 spiro atoms. The van der Waals surface area contributed by atoms with Crippen LogP contribution in [0, 0.1) is 0 Å². The molecule has 1 heterocycles. The smallest absolute Gasteiger partial charge is 0.337 e. The highest BCUT2D eigenvalue weighted by molar-refractivity contribution is 8.54. The van der Waals surface area contributed by atoms with Gasteiger partial charge in [0.15, 0.2) is 0 Å². The van der Waals surface area contributed by atoms with Crippen LogP contribution in [0.25, 0.3) is 0 Å². The van der Waals surface area contributed by atoms with E-state index in [0.29, 0.717) is 5.40 Å². The minimum atomic E-state index is 0.690. The van der Waals surface area contributed by atoms with Crippen LogP contribution >= 0.6 is 23.2 Å². The van der Waals surface area contributed by atoms with Crippen LogP contribution in [0.3, 0.4) is 0 Å². The third kappa shape index (κ3) is 4.33. The van der Waals surface area contributed by atoms with Gasteiger partial charge >= 0.3 is 5.40 Å². The number of hydrogen-bond acceptors (Lipinski definition) is 3. The average molecular weight is 189 g/mol. The fraction of sp³-hybridized carbons (Fsp3) is 1.00. The normalized spacial score (nSPS) is 18.8. The van der Waals surface area contributed by atoms with Crippen LogP contribution in [-0.4, -0.2) is 23.5 Å². The zero-order valence-electron chi connectivity index (χ0n) is 7.14. The van der Waals surface area contributed by atoms with Crippen LogP contribution in [0.2, 0.25) is 0 Å². The Labute approximate surface area is 78.4 Å². The minimum Gasteiger partial charge on any atom is -0.337 e. The Kier molecular flexibility index (Phi) is 5.59. The maximum Gasteiger partial charge on any atom is 0.358 e. The highest BCUT2D eigenvalue weighted by atomic mass is 32.2. The van der Waals surface area contributed by atoms with Crippen molar-refractivity contribution in [3.8, 4) is 0 Å². The Hall–Kier alpha value is 0.725. The summed E-state index contributed by atoms with van der Waals surface area (Å²) in [6.07, 6.45) is 4.01. The van der Waals surface area contributed by atoms with Gasteiger partial charge in [-0.25, -0.2) is 0 Å². The molecule has 4 heteroatoms. The van der Waals surface area contributed by atoms with Crippen molar-refractivity contribution in [2.45, 2.75) is 26.2 Å². The molecule has 1 N–H and O–H groups in total. The van der Waals surface area contributed by atoms with Crippen LogP contribution < -0.4 is 5.23 Å². The first-order valence-corrected chi connectivity index (χ1v) is 6.50. The number of rotatable bonds is 4. The molecule has 0 aromatic rings. The first-order valence-electron chi connectivity index (χ1n) is 4.40. The lowest BCUT2D eigenvalue weighted by Crippen LogP contribution is -2.31. The van der Waals surface area contributed by atoms with Crippen molar-refractivity contribution in [3.63, 3.8) is 0 Å². The molecule has 0 aromatic carbocycles. The molecule has 0 aliphatic carbocycles. The third-order valence-electron chi connectivity index (χ3n) is 1.67. The summed E-state index contributed by atoms with van der Waals surface area (Å²) >= 11 is 4.13. The number of hydrogen-bond donors (Lipinski definition) is 1. The van der Waals surface area contributed by atoms with E-state index in [-0.39, 0.29) is 0 Å². The molecular formula is C7H16BNS2. The molecule has 1 saturated heterocycles. The summed E-state index contributed by atoms with van der Waals surface area (Å²) in [5.74, 6) is 2.69. The van der Waals surface area contributed by atoms with Crippen LogP contribution in [0.5, 0.6) is 0 Å². The molecule has 0 saturated carbocycles. The first-order chi connectivity index (χ1) is 5.43. The van der Waals surface area contributed by atoms with Crippen molar-refractivity contribution in [1.82, 2.24) is 5.23 Å². The maximum atomic E-state index is 3.55. The second-order valence-electron chi connectivity index (χ2n) is 2.73. The van der Waals surface area contributed by atoms with E-state index in [4.69, 9.17) is 0 Å². The van der Waals surface area contributed by atoms with E-state index in [2.05, 4.69) is 35.4 Å². The highest BCUT2D eigenvalue weighted by Gasteiger charge is 2.18. The van der Waals surface area contributed by atoms with Crippen LogP contribution in [-0.2, 0) is 0 Å². The Balaban J connectivity index is 1.96. The van der Waals surface area contributed by atoms with Gasteiger partial charge in [0, 0.05) is 0 Å². The van der Waals surface area contributed by atoms with Crippen LogP contribution in [0.15, 0.2) is 0 Å². The predicted octanol–water partition coefficient (Wildman–Crippen LogP) is 2.23. The molecule has 1 aliphatic rings. The third-order valence-corrected chi connectivity index (χ3v) is 4.47. The summed E-state index contributed by atoms with van der Waals surface area (Å²) in [6.45, 7) is 3.43. The summed E-state index contributed by atoms with van der Waals surface area (Å²) in [6, 6.07) is 0. The lowest BCUT2D eigenvalue weighted by molar-refractivity contribution is 0.768. The first kappa shape index (κ1) is 9.81. The number of nitrogens with one attached hydrogen (secondary N) is 1. The van der Waals surface area contributed by atoms with Crippen molar-refractivity contribution in [3.05, 3.63) is 0 Å². The fourth-order valence-electron chi connectivity index (χ4n) is 1.00. The Bertz CT molecular complexity index is 96.4. The highest BCUT2D eigenvalue weighted by Crippen LogP contribution is 2.24. The van der Waals surface area contributed by atoms with E-state index >= 15 is 0 Å². The van der Waals surface area contributed by atoms with Gasteiger partial charge < -0.3 is 5.23 Å². The maximum absolute atomic E-state index is 3.55. The van der Waals surface area contributed by atoms with Crippen molar-refractivity contribution < 1.29 is 0 Å². The average Bonchev–Trinajstić information content (AvgIpc) is 2.07. The molecule has 0 amide bonds. The van der Waals surface area contributed by atoms with Gasteiger partial charge in [0.25, 0.3) is 0 Å². The predicted molar refractivity (Wildman–Crippen MR) is 58.2 cm³/mol. The van der Waals surface area contributed by atoms with Crippen molar-refractivity contribution >= 4 is 28.6 Å². The minimum absolute atomic E-state index is 0.690. The summed E-state index contributed by atoms with van der Waals surface area (Å²) in [7, 11) is 0. The molecule has 64 valence electrons. The Morgan fingerprint density at radius 2 is 2.09 bits per heavy atom. The van der Waals surface area contributed by atoms with Crippen LogP contribution in [0.1, 0.15) is 26.2 Å². The molecule has 1 nitrogen and oxygen atoms in total. The van der Waals surface area contributed by atoms with Crippen molar-refractivity contribution in [2.24, 2.45) is 0 Å². The van der Waals surface area contributed by atoms with Gasteiger partial charge in [-0.15, -0.1) is 0 Å². The largest absolute Gasteiger partial charge is 0.358 e. The molecule has 0 atom stereocenters. The molecule has 11 heavy (non-hydrogen) atoms. The summed E-state index contributed by atoms with van der Waals surface area (Å²) in [4.78, 5) is 0. The second kappa shape index (κ2) is 6.26. The molecule has 0 radical (unpaired) electrons. The van der Waals surface area contributed by atoms with E-state index in [9.17, 15) is 0 Å². The monoisotopic (exact) mass is 189 g/mol. The van der Waals surface area contributed by atoms with Gasteiger partial charge in [0.1, 0.15) is 0 Å². The molecule has 1 rings (SSSR count). The lowest BCUT2D eigenvalue weighted by atomic mass is 10.3. The standard InChI is InChI=1S/C7H16BNS2/c1-2-3-5-9-8-10-6-4-7-11-8/h9H,2-7H2,1H3. The molecule has 0 bridgehead atoms. The second-order valence-corrected chi connectivity index (χ2v) is 5.46. The van der Waals surface area contributed by atoms with Gasteiger partial charge in [0.05, 0.1) is 0 Å². The molecular weight excluding hydrogens is 173 g/mol. The van der Waals surface area contributed by atoms with Gasteiger partial charge in [-0.1, -0.05) is 13.3 Å². The molecule has 0 aromatic heterocycles. The van der Waals surface area contributed by atoms with E-state index in [1.807, 2.05) is 0 Å². The Morgan fingerprint density at radius 1 is 1.36 bits per heavy atom.